The molecule has 1 saturated heterocycles. The molecular formula is C11H15BrOS. The van der Waals surface area contributed by atoms with E-state index < -0.39 is 0 Å². The first-order chi connectivity index (χ1) is 6.86. The summed E-state index contributed by atoms with van der Waals surface area (Å²) in [5, 5.41) is 2.15. The molecule has 1 aliphatic rings. The van der Waals surface area contributed by atoms with Gasteiger partial charge in [-0.3, -0.25) is 0 Å². The van der Waals surface area contributed by atoms with Crippen LogP contribution >= 0.6 is 27.3 Å². The molecule has 2 heterocycles. The first-order valence-electron chi connectivity index (χ1n) is 5.10. The van der Waals surface area contributed by atoms with E-state index in [1.807, 2.05) is 11.3 Å². The number of rotatable bonds is 3. The highest BCUT2D eigenvalue weighted by Gasteiger charge is 2.22. The van der Waals surface area contributed by atoms with Crippen molar-refractivity contribution in [1.82, 2.24) is 0 Å². The van der Waals surface area contributed by atoms with E-state index in [0.29, 0.717) is 10.7 Å². The predicted octanol–water partition coefficient (Wildman–Crippen LogP) is 3.48. The van der Waals surface area contributed by atoms with Gasteiger partial charge in [0.2, 0.25) is 0 Å². The van der Waals surface area contributed by atoms with Gasteiger partial charge in [-0.25, -0.2) is 0 Å². The minimum atomic E-state index is 0.585. The molecule has 3 heteroatoms. The molecular weight excluding hydrogens is 260 g/mol. The maximum atomic E-state index is 5.50. The van der Waals surface area contributed by atoms with Crippen LogP contribution < -0.4 is 0 Å². The highest BCUT2D eigenvalue weighted by atomic mass is 79.9. The molecule has 0 amide bonds. The fraction of sp³-hybridized carbons (Fsp3) is 0.636. The van der Waals surface area contributed by atoms with Gasteiger partial charge in [0.15, 0.2) is 0 Å². The SMILES string of the molecule is BrC(Cc1cccs1)C1CCCOC1. The molecule has 1 aromatic rings. The van der Waals surface area contributed by atoms with Gasteiger partial charge in [-0.1, -0.05) is 22.0 Å². The molecule has 2 atom stereocenters. The lowest BCUT2D eigenvalue weighted by Crippen LogP contribution is -2.26. The third-order valence-corrected chi connectivity index (χ3v) is 4.65. The summed E-state index contributed by atoms with van der Waals surface area (Å²) >= 11 is 5.63. The van der Waals surface area contributed by atoms with Gasteiger partial charge in [-0.05, 0) is 36.6 Å². The highest BCUT2D eigenvalue weighted by Crippen LogP contribution is 2.26. The Balaban J connectivity index is 1.85. The molecule has 0 aromatic carbocycles. The van der Waals surface area contributed by atoms with E-state index in [1.54, 1.807) is 0 Å². The summed E-state index contributed by atoms with van der Waals surface area (Å²) in [6, 6.07) is 4.33. The first-order valence-corrected chi connectivity index (χ1v) is 6.90. The molecule has 1 aliphatic heterocycles. The second kappa shape index (κ2) is 5.29. The Labute approximate surface area is 97.6 Å². The van der Waals surface area contributed by atoms with E-state index in [4.69, 9.17) is 4.74 Å². The van der Waals surface area contributed by atoms with Crippen LogP contribution in [0.2, 0.25) is 0 Å². The maximum Gasteiger partial charge on any atom is 0.0505 e. The Morgan fingerprint density at radius 2 is 2.57 bits per heavy atom. The van der Waals surface area contributed by atoms with Crippen molar-refractivity contribution in [2.75, 3.05) is 13.2 Å². The van der Waals surface area contributed by atoms with Crippen LogP contribution in [0.3, 0.4) is 0 Å². The number of halogens is 1. The lowest BCUT2D eigenvalue weighted by atomic mass is 9.96. The average Bonchev–Trinajstić information content (AvgIpc) is 2.72. The van der Waals surface area contributed by atoms with E-state index in [9.17, 15) is 0 Å². The number of hydrogen-bond donors (Lipinski definition) is 0. The van der Waals surface area contributed by atoms with Gasteiger partial charge in [0.05, 0.1) is 6.61 Å². The molecule has 2 unspecified atom stereocenters. The van der Waals surface area contributed by atoms with Crippen LogP contribution in [0.4, 0.5) is 0 Å². The lowest BCUT2D eigenvalue weighted by Gasteiger charge is -2.26. The van der Waals surface area contributed by atoms with Crippen LogP contribution in [0.1, 0.15) is 17.7 Å². The standard InChI is InChI=1S/C11H15BrOS/c12-11(7-10-4-2-6-14-10)9-3-1-5-13-8-9/h2,4,6,9,11H,1,3,5,7-8H2. The zero-order valence-corrected chi connectivity index (χ0v) is 10.5. The Bertz CT molecular complexity index is 254. The molecule has 78 valence electrons. The fourth-order valence-electron chi connectivity index (χ4n) is 1.84. The average molecular weight is 275 g/mol. The molecule has 2 rings (SSSR count). The molecule has 1 fully saturated rings. The van der Waals surface area contributed by atoms with Crippen LogP contribution in [-0.4, -0.2) is 18.0 Å². The maximum absolute atomic E-state index is 5.50. The minimum Gasteiger partial charge on any atom is -0.381 e. The Morgan fingerprint density at radius 3 is 3.21 bits per heavy atom. The summed E-state index contributed by atoms with van der Waals surface area (Å²) in [5.74, 6) is 0.700. The topological polar surface area (TPSA) is 9.23 Å². The van der Waals surface area contributed by atoms with Gasteiger partial charge >= 0.3 is 0 Å². The van der Waals surface area contributed by atoms with Crippen molar-refractivity contribution in [3.8, 4) is 0 Å². The summed E-state index contributed by atoms with van der Waals surface area (Å²) in [6.07, 6.45) is 3.67. The number of alkyl halides is 1. The summed E-state index contributed by atoms with van der Waals surface area (Å²) < 4.78 is 5.50. The molecule has 0 bridgehead atoms. The van der Waals surface area contributed by atoms with E-state index in [-0.39, 0.29) is 0 Å². The first kappa shape index (κ1) is 10.7. The summed E-state index contributed by atoms with van der Waals surface area (Å²) in [5.41, 5.74) is 0. The largest absolute Gasteiger partial charge is 0.381 e. The van der Waals surface area contributed by atoms with Crippen LogP contribution in [0.15, 0.2) is 17.5 Å². The fourth-order valence-corrected chi connectivity index (χ4v) is 3.58. The zero-order chi connectivity index (χ0) is 9.80. The monoisotopic (exact) mass is 274 g/mol. The van der Waals surface area contributed by atoms with Gasteiger partial charge in [-0.2, -0.15) is 0 Å². The molecule has 1 aromatic heterocycles. The van der Waals surface area contributed by atoms with Gasteiger partial charge in [0.1, 0.15) is 0 Å². The third kappa shape index (κ3) is 2.81. The molecule has 0 spiro atoms. The van der Waals surface area contributed by atoms with Crippen molar-refractivity contribution < 1.29 is 4.74 Å². The molecule has 0 radical (unpaired) electrons. The van der Waals surface area contributed by atoms with Crippen molar-refractivity contribution in [2.24, 2.45) is 5.92 Å². The normalized spacial score (nSPS) is 24.8. The molecule has 0 saturated carbocycles. The molecule has 0 N–H and O–H groups in total. The predicted molar refractivity (Wildman–Crippen MR) is 64.3 cm³/mol. The van der Waals surface area contributed by atoms with Gasteiger partial charge in [-0.15, -0.1) is 11.3 Å². The lowest BCUT2D eigenvalue weighted by molar-refractivity contribution is 0.0548. The van der Waals surface area contributed by atoms with Gasteiger partial charge < -0.3 is 4.74 Å². The Hall–Kier alpha value is 0.140. The van der Waals surface area contributed by atoms with E-state index in [0.717, 1.165) is 19.6 Å². The number of hydrogen-bond acceptors (Lipinski definition) is 2. The smallest absolute Gasteiger partial charge is 0.0505 e. The zero-order valence-electron chi connectivity index (χ0n) is 8.12. The van der Waals surface area contributed by atoms with E-state index >= 15 is 0 Å². The summed E-state index contributed by atoms with van der Waals surface area (Å²) in [6.45, 7) is 1.89. The van der Waals surface area contributed by atoms with Crippen molar-refractivity contribution in [1.29, 1.82) is 0 Å². The van der Waals surface area contributed by atoms with E-state index in [2.05, 4.69) is 33.4 Å². The molecule has 0 aliphatic carbocycles. The highest BCUT2D eigenvalue weighted by molar-refractivity contribution is 9.09. The van der Waals surface area contributed by atoms with Crippen LogP contribution in [-0.2, 0) is 11.2 Å². The second-order valence-electron chi connectivity index (χ2n) is 3.78. The van der Waals surface area contributed by atoms with Gasteiger partial charge in [0.25, 0.3) is 0 Å². The van der Waals surface area contributed by atoms with Crippen LogP contribution in [0.5, 0.6) is 0 Å². The Kier molecular flexibility index (Phi) is 4.02. The van der Waals surface area contributed by atoms with Crippen molar-refractivity contribution in [2.45, 2.75) is 24.1 Å². The molecule has 14 heavy (non-hydrogen) atoms. The van der Waals surface area contributed by atoms with E-state index in [1.165, 1.54) is 17.7 Å². The Morgan fingerprint density at radius 1 is 1.64 bits per heavy atom. The number of thiophene rings is 1. The van der Waals surface area contributed by atoms with Crippen molar-refractivity contribution in [3.63, 3.8) is 0 Å². The number of ether oxygens (including phenoxy) is 1. The summed E-state index contributed by atoms with van der Waals surface area (Å²) in [7, 11) is 0. The third-order valence-electron chi connectivity index (χ3n) is 2.68. The minimum absolute atomic E-state index is 0.585. The van der Waals surface area contributed by atoms with Crippen molar-refractivity contribution in [3.05, 3.63) is 22.4 Å². The van der Waals surface area contributed by atoms with Crippen molar-refractivity contribution >= 4 is 27.3 Å². The van der Waals surface area contributed by atoms with Gasteiger partial charge in [0, 0.05) is 16.3 Å². The second-order valence-corrected chi connectivity index (χ2v) is 5.99. The molecule has 1 nitrogen and oxygen atoms in total. The summed E-state index contributed by atoms with van der Waals surface area (Å²) in [4.78, 5) is 2.05. The quantitative estimate of drug-likeness (QED) is 0.767. The van der Waals surface area contributed by atoms with Crippen LogP contribution in [0, 0.1) is 5.92 Å². The van der Waals surface area contributed by atoms with Crippen LogP contribution in [0.25, 0.3) is 0 Å².